The van der Waals surface area contributed by atoms with Gasteiger partial charge in [-0.3, -0.25) is 4.98 Å². The predicted octanol–water partition coefficient (Wildman–Crippen LogP) is 3.81. The number of aryl methyl sites for hydroxylation is 1. The molecule has 0 bridgehead atoms. The Kier molecular flexibility index (Phi) is 5.36. The first-order valence-corrected chi connectivity index (χ1v) is 7.44. The van der Waals surface area contributed by atoms with Gasteiger partial charge in [-0.15, -0.1) is 0 Å². The summed E-state index contributed by atoms with van der Waals surface area (Å²) in [4.78, 5) is 4.82. The number of fused-ring (bicyclic) bond motifs is 1. The van der Waals surface area contributed by atoms with Crippen molar-refractivity contribution in [2.45, 2.75) is 33.1 Å². The molecule has 0 saturated carbocycles. The highest BCUT2D eigenvalue weighted by Crippen LogP contribution is 2.26. The second-order valence-electron chi connectivity index (χ2n) is 5.00. The van der Waals surface area contributed by atoms with Crippen LogP contribution >= 0.6 is 0 Å². The van der Waals surface area contributed by atoms with Crippen molar-refractivity contribution in [1.29, 1.82) is 0 Å². The van der Waals surface area contributed by atoms with Gasteiger partial charge in [-0.1, -0.05) is 32.0 Å². The molecular formula is C17H24N2O. The summed E-state index contributed by atoms with van der Waals surface area (Å²) in [6.07, 6.45) is 2.98. The first kappa shape index (κ1) is 14.8. The fourth-order valence-electron chi connectivity index (χ4n) is 2.36. The van der Waals surface area contributed by atoms with Crippen LogP contribution in [0.25, 0.3) is 10.9 Å². The Hall–Kier alpha value is -1.61. The number of rotatable bonds is 7. The Morgan fingerprint density at radius 1 is 1.25 bits per heavy atom. The average molecular weight is 272 g/mol. The van der Waals surface area contributed by atoms with Crippen molar-refractivity contribution in [2.24, 2.45) is 0 Å². The summed E-state index contributed by atoms with van der Waals surface area (Å²) < 4.78 is 5.20. The van der Waals surface area contributed by atoms with Gasteiger partial charge in [-0.2, -0.15) is 0 Å². The van der Waals surface area contributed by atoms with Crippen molar-refractivity contribution in [3.63, 3.8) is 0 Å². The maximum absolute atomic E-state index is 5.20. The van der Waals surface area contributed by atoms with Crippen LogP contribution < -0.4 is 5.32 Å². The van der Waals surface area contributed by atoms with Crippen molar-refractivity contribution in [3.8, 4) is 0 Å². The molecule has 1 aromatic heterocycles. The Morgan fingerprint density at radius 2 is 2.10 bits per heavy atom. The maximum Gasteiger partial charge on any atom is 0.0758 e. The lowest BCUT2D eigenvalue weighted by atomic mass is 10.0. The lowest BCUT2D eigenvalue weighted by molar-refractivity contribution is 0.202. The van der Waals surface area contributed by atoms with Gasteiger partial charge in [0.05, 0.1) is 12.1 Å². The Morgan fingerprint density at radius 3 is 2.80 bits per heavy atom. The van der Waals surface area contributed by atoms with Gasteiger partial charge in [0.25, 0.3) is 0 Å². The Labute approximate surface area is 121 Å². The van der Waals surface area contributed by atoms with E-state index in [0.29, 0.717) is 0 Å². The first-order chi connectivity index (χ1) is 9.80. The summed E-state index contributed by atoms with van der Waals surface area (Å²) in [5.74, 6) is 0. The number of aromatic nitrogens is 1. The molecule has 1 N–H and O–H groups in total. The highest BCUT2D eigenvalue weighted by molar-refractivity contribution is 5.93. The van der Waals surface area contributed by atoms with Crippen molar-refractivity contribution >= 4 is 16.6 Å². The fraction of sp³-hybridized carbons (Fsp3) is 0.471. The van der Waals surface area contributed by atoms with Crippen molar-refractivity contribution in [1.82, 2.24) is 4.98 Å². The number of nitrogens with one attached hydrogen (secondary N) is 1. The quantitative estimate of drug-likeness (QED) is 0.832. The minimum Gasteiger partial charge on any atom is -0.384 e. The van der Waals surface area contributed by atoms with E-state index in [1.165, 1.54) is 16.6 Å². The van der Waals surface area contributed by atoms with Crippen LogP contribution in [-0.2, 0) is 17.6 Å². The fourth-order valence-corrected chi connectivity index (χ4v) is 2.36. The minimum atomic E-state index is 0.731. The molecule has 1 aromatic carbocycles. The molecule has 1 heterocycles. The number of ether oxygens (including phenoxy) is 1. The molecule has 20 heavy (non-hydrogen) atoms. The molecule has 0 aliphatic heterocycles. The summed E-state index contributed by atoms with van der Waals surface area (Å²) >= 11 is 0. The van der Waals surface area contributed by atoms with E-state index in [9.17, 15) is 0 Å². The summed E-state index contributed by atoms with van der Waals surface area (Å²) in [6.45, 7) is 6.05. The molecule has 108 valence electrons. The molecule has 0 saturated heterocycles. The highest BCUT2D eigenvalue weighted by Gasteiger charge is 2.08. The molecule has 3 heteroatoms. The van der Waals surface area contributed by atoms with Crippen LogP contribution in [0.5, 0.6) is 0 Å². The van der Waals surface area contributed by atoms with Crippen LogP contribution in [0, 0.1) is 0 Å². The molecule has 0 unspecified atom stereocenters. The lowest BCUT2D eigenvalue weighted by Gasteiger charge is -2.13. The standard InChI is InChI=1S/C17H24N2O/c1-4-10-18-16-12-14(5-2)19-17-13(9-11-20-3)7-6-8-15(16)17/h6-8,12H,4-5,9-11H2,1-3H3,(H,18,19). The molecule has 0 atom stereocenters. The molecule has 0 fully saturated rings. The third-order valence-electron chi connectivity index (χ3n) is 3.48. The van der Waals surface area contributed by atoms with Crippen LogP contribution in [0.1, 0.15) is 31.5 Å². The Bertz CT molecular complexity index is 566. The van der Waals surface area contributed by atoms with E-state index in [2.05, 4.69) is 43.4 Å². The van der Waals surface area contributed by atoms with E-state index in [4.69, 9.17) is 9.72 Å². The van der Waals surface area contributed by atoms with Gasteiger partial charge in [0.1, 0.15) is 0 Å². The zero-order chi connectivity index (χ0) is 14.4. The molecule has 0 aliphatic carbocycles. The number of nitrogens with zero attached hydrogens (tertiary/aromatic N) is 1. The number of hydrogen-bond donors (Lipinski definition) is 1. The second kappa shape index (κ2) is 7.25. The van der Waals surface area contributed by atoms with E-state index < -0.39 is 0 Å². The molecule has 0 spiro atoms. The SMILES string of the molecule is CCCNc1cc(CC)nc2c(CCOC)cccc12. The van der Waals surface area contributed by atoms with Gasteiger partial charge in [-0.05, 0) is 30.9 Å². The molecule has 0 radical (unpaired) electrons. The third-order valence-corrected chi connectivity index (χ3v) is 3.48. The molecule has 0 aliphatic rings. The van der Waals surface area contributed by atoms with Crippen LogP contribution in [0.15, 0.2) is 24.3 Å². The van der Waals surface area contributed by atoms with Gasteiger partial charge in [0.2, 0.25) is 0 Å². The van der Waals surface area contributed by atoms with Gasteiger partial charge in [0, 0.05) is 30.4 Å². The van der Waals surface area contributed by atoms with Gasteiger partial charge < -0.3 is 10.1 Å². The topological polar surface area (TPSA) is 34.2 Å². The first-order valence-electron chi connectivity index (χ1n) is 7.44. The minimum absolute atomic E-state index is 0.731. The normalized spacial score (nSPS) is 10.9. The summed E-state index contributed by atoms with van der Waals surface area (Å²) in [7, 11) is 1.74. The largest absolute Gasteiger partial charge is 0.384 e. The van der Waals surface area contributed by atoms with E-state index in [-0.39, 0.29) is 0 Å². The van der Waals surface area contributed by atoms with E-state index in [0.717, 1.165) is 43.6 Å². The zero-order valence-corrected chi connectivity index (χ0v) is 12.7. The number of hydrogen-bond acceptors (Lipinski definition) is 3. The van der Waals surface area contributed by atoms with E-state index >= 15 is 0 Å². The van der Waals surface area contributed by atoms with Gasteiger partial charge in [-0.25, -0.2) is 0 Å². The molecule has 0 amide bonds. The van der Waals surface area contributed by atoms with Crippen molar-refractivity contribution < 1.29 is 4.74 Å². The number of anilines is 1. The zero-order valence-electron chi connectivity index (χ0n) is 12.7. The van der Waals surface area contributed by atoms with E-state index in [1.807, 2.05) is 0 Å². The van der Waals surface area contributed by atoms with Crippen LogP contribution in [-0.4, -0.2) is 25.2 Å². The van der Waals surface area contributed by atoms with Crippen LogP contribution in [0.2, 0.25) is 0 Å². The summed E-state index contributed by atoms with van der Waals surface area (Å²) in [5, 5.41) is 4.74. The van der Waals surface area contributed by atoms with E-state index in [1.54, 1.807) is 7.11 Å². The summed E-state index contributed by atoms with van der Waals surface area (Å²) in [6, 6.07) is 8.59. The maximum atomic E-state index is 5.20. The van der Waals surface area contributed by atoms with Gasteiger partial charge in [0.15, 0.2) is 0 Å². The number of para-hydroxylation sites is 1. The number of methoxy groups -OCH3 is 1. The average Bonchev–Trinajstić information content (AvgIpc) is 2.50. The molecule has 2 aromatic rings. The monoisotopic (exact) mass is 272 g/mol. The molecule has 3 nitrogen and oxygen atoms in total. The highest BCUT2D eigenvalue weighted by atomic mass is 16.5. The van der Waals surface area contributed by atoms with Gasteiger partial charge >= 0.3 is 0 Å². The lowest BCUT2D eigenvalue weighted by Crippen LogP contribution is -2.04. The smallest absolute Gasteiger partial charge is 0.0758 e. The number of pyridine rings is 1. The molecule has 2 rings (SSSR count). The molecular weight excluding hydrogens is 248 g/mol. The summed E-state index contributed by atoms with van der Waals surface area (Å²) in [5.41, 5.74) is 4.72. The third kappa shape index (κ3) is 3.28. The van der Waals surface area contributed by atoms with Crippen LogP contribution in [0.3, 0.4) is 0 Å². The van der Waals surface area contributed by atoms with Crippen molar-refractivity contribution in [2.75, 3.05) is 25.6 Å². The van der Waals surface area contributed by atoms with Crippen molar-refractivity contribution in [3.05, 3.63) is 35.5 Å². The predicted molar refractivity (Wildman–Crippen MR) is 85.5 cm³/mol. The van der Waals surface area contributed by atoms with Crippen LogP contribution in [0.4, 0.5) is 5.69 Å². The Balaban J connectivity index is 2.49. The second-order valence-corrected chi connectivity index (χ2v) is 5.00. The number of benzene rings is 1.